The Morgan fingerprint density at radius 3 is 2.76 bits per heavy atom. The van der Waals surface area contributed by atoms with Crippen LogP contribution in [0.5, 0.6) is 5.75 Å². The molecule has 0 spiro atoms. The van der Waals surface area contributed by atoms with Crippen LogP contribution in [0.2, 0.25) is 0 Å². The molecule has 2 fully saturated rings. The highest BCUT2D eigenvalue weighted by Crippen LogP contribution is 2.29. The Kier molecular flexibility index (Phi) is 5.93. The molecular weight excluding hydrogens is 314 g/mol. The molecule has 1 aromatic rings. The summed E-state index contributed by atoms with van der Waals surface area (Å²) < 4.78 is 5.32. The Bertz CT molecular complexity index is 634. The van der Waals surface area contributed by atoms with Gasteiger partial charge in [-0.3, -0.25) is 9.69 Å². The van der Waals surface area contributed by atoms with Crippen LogP contribution >= 0.6 is 0 Å². The molecule has 1 aliphatic heterocycles. The molecule has 3 rings (SSSR count). The van der Waals surface area contributed by atoms with Crippen molar-refractivity contribution in [2.24, 2.45) is 5.92 Å². The quantitative estimate of drug-likeness (QED) is 0.894. The van der Waals surface area contributed by atoms with Gasteiger partial charge in [-0.15, -0.1) is 0 Å². The van der Waals surface area contributed by atoms with Crippen molar-refractivity contribution < 1.29 is 9.53 Å². The maximum Gasteiger partial charge on any atom is 0.225 e. The van der Waals surface area contributed by atoms with E-state index >= 15 is 0 Å². The van der Waals surface area contributed by atoms with E-state index in [9.17, 15) is 10.1 Å². The SMILES string of the molecule is COc1ccccc1C(C#N)NC(=O)C1CCN(C2CCCCC2)C1. The smallest absolute Gasteiger partial charge is 0.225 e. The molecule has 5 heteroatoms. The van der Waals surface area contributed by atoms with Gasteiger partial charge >= 0.3 is 0 Å². The molecular formula is C20H27N3O2. The fourth-order valence-corrected chi connectivity index (χ4v) is 4.12. The Morgan fingerprint density at radius 1 is 1.28 bits per heavy atom. The first-order valence-corrected chi connectivity index (χ1v) is 9.30. The number of benzene rings is 1. The molecule has 1 aromatic carbocycles. The topological polar surface area (TPSA) is 65.4 Å². The minimum Gasteiger partial charge on any atom is -0.496 e. The van der Waals surface area contributed by atoms with Crippen LogP contribution in [0.1, 0.15) is 50.1 Å². The highest BCUT2D eigenvalue weighted by atomic mass is 16.5. The van der Waals surface area contributed by atoms with Crippen LogP contribution in [-0.4, -0.2) is 37.0 Å². The number of carbonyl (C=O) groups excluding carboxylic acids is 1. The van der Waals surface area contributed by atoms with Crippen LogP contribution in [-0.2, 0) is 4.79 Å². The third-order valence-electron chi connectivity index (χ3n) is 5.55. The zero-order valence-electron chi connectivity index (χ0n) is 14.9. The maximum absolute atomic E-state index is 12.7. The number of carbonyl (C=O) groups is 1. The first-order chi connectivity index (χ1) is 12.2. The van der Waals surface area contributed by atoms with Crippen LogP contribution in [0, 0.1) is 17.2 Å². The summed E-state index contributed by atoms with van der Waals surface area (Å²) in [5.41, 5.74) is 0.711. The number of hydrogen-bond donors (Lipinski definition) is 1. The molecule has 2 atom stereocenters. The van der Waals surface area contributed by atoms with Gasteiger partial charge < -0.3 is 10.1 Å². The van der Waals surface area contributed by atoms with Crippen molar-refractivity contribution >= 4 is 5.91 Å². The Morgan fingerprint density at radius 2 is 2.04 bits per heavy atom. The molecule has 2 unspecified atom stereocenters. The summed E-state index contributed by atoms with van der Waals surface area (Å²) in [6.45, 7) is 1.81. The van der Waals surface area contributed by atoms with Gasteiger partial charge in [0.25, 0.3) is 0 Å². The predicted molar refractivity (Wildman–Crippen MR) is 96.0 cm³/mol. The van der Waals surface area contributed by atoms with Crippen molar-refractivity contribution in [1.29, 1.82) is 5.26 Å². The summed E-state index contributed by atoms with van der Waals surface area (Å²) in [5, 5.41) is 12.4. The van der Waals surface area contributed by atoms with Crippen LogP contribution in [0.4, 0.5) is 0 Å². The van der Waals surface area contributed by atoms with E-state index in [1.807, 2.05) is 24.3 Å². The molecule has 25 heavy (non-hydrogen) atoms. The number of rotatable bonds is 5. The van der Waals surface area contributed by atoms with E-state index in [-0.39, 0.29) is 11.8 Å². The average Bonchev–Trinajstić information content (AvgIpc) is 3.17. The van der Waals surface area contributed by atoms with Crippen LogP contribution < -0.4 is 10.1 Å². The van der Waals surface area contributed by atoms with Crippen molar-refractivity contribution in [2.75, 3.05) is 20.2 Å². The third kappa shape index (κ3) is 4.13. The summed E-state index contributed by atoms with van der Waals surface area (Å²) in [6.07, 6.45) is 7.36. The molecule has 0 bridgehead atoms. The fourth-order valence-electron chi connectivity index (χ4n) is 4.12. The summed E-state index contributed by atoms with van der Waals surface area (Å²) >= 11 is 0. The molecule has 1 saturated heterocycles. The Hall–Kier alpha value is -2.06. The lowest BCUT2D eigenvalue weighted by Gasteiger charge is -2.31. The monoisotopic (exact) mass is 341 g/mol. The van der Waals surface area contributed by atoms with Crippen molar-refractivity contribution in [3.05, 3.63) is 29.8 Å². The number of para-hydroxylation sites is 1. The van der Waals surface area contributed by atoms with Gasteiger partial charge in [0, 0.05) is 18.2 Å². The predicted octanol–water partition coefficient (Wildman–Crippen LogP) is 3.03. The lowest BCUT2D eigenvalue weighted by molar-refractivity contribution is -0.125. The third-order valence-corrected chi connectivity index (χ3v) is 5.55. The van der Waals surface area contributed by atoms with Crippen molar-refractivity contribution in [2.45, 2.75) is 50.6 Å². The van der Waals surface area contributed by atoms with E-state index in [4.69, 9.17) is 4.74 Å². The van der Waals surface area contributed by atoms with Crippen molar-refractivity contribution in [1.82, 2.24) is 10.2 Å². The maximum atomic E-state index is 12.7. The normalized spacial score (nSPS) is 23.0. The molecule has 1 heterocycles. The second-order valence-electron chi connectivity index (χ2n) is 7.09. The van der Waals surface area contributed by atoms with Gasteiger partial charge in [-0.05, 0) is 31.9 Å². The number of nitrogens with zero attached hydrogens (tertiary/aromatic N) is 2. The van der Waals surface area contributed by atoms with Crippen molar-refractivity contribution in [3.63, 3.8) is 0 Å². The number of ether oxygens (including phenoxy) is 1. The van der Waals surface area contributed by atoms with E-state index in [2.05, 4.69) is 16.3 Å². The van der Waals surface area contributed by atoms with Gasteiger partial charge in [-0.25, -0.2) is 0 Å². The standard InChI is InChI=1S/C20H27N3O2/c1-25-19-10-6-5-9-17(19)18(13-21)22-20(24)15-11-12-23(14-15)16-7-3-2-4-8-16/h5-6,9-10,15-16,18H,2-4,7-8,11-12,14H2,1H3,(H,22,24). The number of amides is 1. The zero-order valence-corrected chi connectivity index (χ0v) is 14.9. The van der Waals surface area contributed by atoms with Crippen LogP contribution in [0.25, 0.3) is 0 Å². The number of methoxy groups -OCH3 is 1. The molecule has 1 aliphatic carbocycles. The fraction of sp³-hybridized carbons (Fsp3) is 0.600. The van der Waals surface area contributed by atoms with Gasteiger partial charge in [0.1, 0.15) is 11.8 Å². The van der Waals surface area contributed by atoms with E-state index in [1.165, 1.54) is 32.1 Å². The molecule has 1 amide bonds. The number of nitrogens with one attached hydrogen (secondary N) is 1. The summed E-state index contributed by atoms with van der Waals surface area (Å²) in [7, 11) is 1.58. The molecule has 0 radical (unpaired) electrons. The number of likely N-dealkylation sites (tertiary alicyclic amines) is 1. The molecule has 5 nitrogen and oxygen atoms in total. The number of hydrogen-bond acceptors (Lipinski definition) is 4. The molecule has 0 aromatic heterocycles. The minimum atomic E-state index is -0.674. The van der Waals surface area contributed by atoms with E-state index in [1.54, 1.807) is 7.11 Å². The van der Waals surface area contributed by atoms with Gasteiger partial charge in [0.2, 0.25) is 5.91 Å². The second-order valence-corrected chi connectivity index (χ2v) is 7.09. The highest BCUT2D eigenvalue weighted by molar-refractivity contribution is 5.80. The van der Waals surface area contributed by atoms with Crippen molar-refractivity contribution in [3.8, 4) is 11.8 Å². The molecule has 1 saturated carbocycles. The van der Waals surface area contributed by atoms with E-state index in [0.717, 1.165) is 19.5 Å². The molecule has 1 N–H and O–H groups in total. The highest BCUT2D eigenvalue weighted by Gasteiger charge is 2.33. The van der Waals surface area contributed by atoms with Gasteiger partial charge in [0.15, 0.2) is 0 Å². The van der Waals surface area contributed by atoms with Crippen LogP contribution in [0.3, 0.4) is 0 Å². The second kappa shape index (κ2) is 8.35. The summed E-state index contributed by atoms with van der Waals surface area (Å²) in [5.74, 6) is 0.591. The van der Waals surface area contributed by atoms with Gasteiger partial charge in [-0.1, -0.05) is 37.5 Å². The first kappa shape index (κ1) is 17.8. The molecule has 134 valence electrons. The average molecular weight is 341 g/mol. The largest absolute Gasteiger partial charge is 0.496 e. The van der Waals surface area contributed by atoms with Crippen LogP contribution in [0.15, 0.2) is 24.3 Å². The zero-order chi connectivity index (χ0) is 17.6. The molecule has 2 aliphatic rings. The lowest BCUT2D eigenvalue weighted by Crippen LogP contribution is -2.38. The first-order valence-electron chi connectivity index (χ1n) is 9.30. The lowest BCUT2D eigenvalue weighted by atomic mass is 9.94. The van der Waals surface area contributed by atoms with E-state index < -0.39 is 6.04 Å². The van der Waals surface area contributed by atoms with Gasteiger partial charge in [0.05, 0.1) is 19.1 Å². The van der Waals surface area contributed by atoms with E-state index in [0.29, 0.717) is 17.4 Å². The Balaban J connectivity index is 1.60. The summed E-state index contributed by atoms with van der Waals surface area (Å²) in [6, 6.07) is 9.52. The number of nitriles is 1. The van der Waals surface area contributed by atoms with Gasteiger partial charge in [-0.2, -0.15) is 5.26 Å². The summed E-state index contributed by atoms with van der Waals surface area (Å²) in [4.78, 5) is 15.2. The minimum absolute atomic E-state index is 0.0178. The Labute approximate surface area is 150 Å².